The minimum absolute atomic E-state index is 0.000105. The van der Waals surface area contributed by atoms with Crippen LogP contribution in [0.15, 0.2) is 18.2 Å². The Morgan fingerprint density at radius 2 is 0.985 bits per heavy atom. The predicted molar refractivity (Wildman–Crippen MR) is 266 cm³/mol. The molecular formula is C53H87N9O5. The van der Waals surface area contributed by atoms with Crippen LogP contribution in [-0.2, 0) is 19.2 Å². The molecule has 8 aliphatic rings. The summed E-state index contributed by atoms with van der Waals surface area (Å²) in [5.41, 5.74) is 25.7. The number of amides is 5. The Morgan fingerprint density at radius 3 is 1.36 bits per heavy atom. The summed E-state index contributed by atoms with van der Waals surface area (Å²) in [6, 6.07) is 4.25. The molecule has 2 atom stereocenters. The zero-order chi connectivity index (χ0) is 47.6. The maximum Gasteiger partial charge on any atom is 0.251 e. The van der Waals surface area contributed by atoms with E-state index in [1.807, 2.05) is 0 Å². The Balaban J connectivity index is 1.06. The highest BCUT2D eigenvalue weighted by Gasteiger charge is 2.53. The lowest BCUT2D eigenvalue weighted by atomic mass is 9.49. The first-order valence-electron chi connectivity index (χ1n) is 26.7. The number of hydrogen-bond acceptors (Lipinski definition) is 9. The van der Waals surface area contributed by atoms with Crippen molar-refractivity contribution in [2.45, 2.75) is 173 Å². The van der Waals surface area contributed by atoms with Crippen LogP contribution in [-0.4, -0.2) is 97.2 Å². The lowest BCUT2D eigenvalue weighted by Crippen LogP contribution is -2.50. The molecule has 0 saturated heterocycles. The van der Waals surface area contributed by atoms with Gasteiger partial charge >= 0.3 is 0 Å². The van der Waals surface area contributed by atoms with Crippen LogP contribution in [0.5, 0.6) is 0 Å². The lowest BCUT2D eigenvalue weighted by molar-refractivity contribution is -0.142. The van der Waals surface area contributed by atoms with Gasteiger partial charge in [-0.3, -0.25) is 24.0 Å². The van der Waals surface area contributed by atoms with E-state index in [-0.39, 0.29) is 72.4 Å². The number of nitrogens with zero attached hydrogens (tertiary/aromatic N) is 2. The molecule has 0 spiro atoms. The van der Waals surface area contributed by atoms with E-state index in [0.717, 1.165) is 89.9 Å². The molecule has 0 aliphatic heterocycles. The Labute approximate surface area is 401 Å². The molecule has 11 N–H and O–H groups in total. The second kappa shape index (κ2) is 23.8. The summed E-state index contributed by atoms with van der Waals surface area (Å²) in [6.45, 7) is 3.94. The summed E-state index contributed by atoms with van der Waals surface area (Å²) in [4.78, 5) is 73.8. The van der Waals surface area contributed by atoms with Gasteiger partial charge in [0.2, 0.25) is 23.6 Å². The third kappa shape index (κ3) is 14.5. The number of unbranched alkanes of at least 4 members (excludes halogenated alkanes) is 5. The molecule has 8 saturated carbocycles. The Bertz CT molecular complexity index is 1670. The number of anilines is 2. The van der Waals surface area contributed by atoms with Gasteiger partial charge in [-0.05, 0) is 187 Å². The van der Waals surface area contributed by atoms with E-state index in [4.69, 9.17) is 22.9 Å². The van der Waals surface area contributed by atoms with Crippen LogP contribution in [0.1, 0.15) is 171 Å². The molecule has 67 heavy (non-hydrogen) atoms. The normalized spacial score (nSPS) is 28.5. The van der Waals surface area contributed by atoms with Crippen molar-refractivity contribution in [3.05, 3.63) is 23.8 Å². The molecule has 14 nitrogen and oxygen atoms in total. The fourth-order valence-corrected chi connectivity index (χ4v) is 14.7. The molecule has 14 heteroatoms. The molecular weight excluding hydrogens is 843 g/mol. The third-order valence-electron chi connectivity index (χ3n) is 16.8. The van der Waals surface area contributed by atoms with Crippen LogP contribution < -0.4 is 38.9 Å². The van der Waals surface area contributed by atoms with Gasteiger partial charge in [-0.1, -0.05) is 39.0 Å². The topological polar surface area (TPSA) is 232 Å². The molecule has 8 aliphatic carbocycles. The number of nitrogens with one attached hydrogen (secondary N) is 3. The molecule has 9 rings (SSSR count). The van der Waals surface area contributed by atoms with Crippen molar-refractivity contribution in [1.29, 1.82) is 0 Å². The molecule has 0 radical (unpaired) electrons. The van der Waals surface area contributed by atoms with E-state index in [9.17, 15) is 24.0 Å². The molecule has 0 unspecified atom stereocenters. The van der Waals surface area contributed by atoms with E-state index in [1.165, 1.54) is 38.5 Å². The highest BCUT2D eigenvalue weighted by Crippen LogP contribution is 2.62. The smallest absolute Gasteiger partial charge is 0.251 e. The number of rotatable bonds is 28. The minimum Gasteiger partial charge on any atom is -0.352 e. The van der Waals surface area contributed by atoms with Gasteiger partial charge in [0.1, 0.15) is 0 Å². The van der Waals surface area contributed by atoms with Gasteiger partial charge in [-0.15, -0.1) is 0 Å². The zero-order valence-corrected chi connectivity index (χ0v) is 41.0. The van der Waals surface area contributed by atoms with Gasteiger partial charge < -0.3 is 48.7 Å². The predicted octanol–water partition coefficient (Wildman–Crippen LogP) is 6.66. The van der Waals surface area contributed by atoms with E-state index >= 15 is 0 Å². The fourth-order valence-electron chi connectivity index (χ4n) is 14.7. The van der Waals surface area contributed by atoms with Crippen LogP contribution in [0, 0.1) is 46.3 Å². The molecule has 1 aromatic carbocycles. The van der Waals surface area contributed by atoms with Crippen molar-refractivity contribution in [3.8, 4) is 0 Å². The quantitative estimate of drug-likeness (QED) is 0.0445. The fraction of sp³-hybridized carbons (Fsp3) is 0.792. The number of nitrogens with two attached hydrogens (primary N) is 4. The number of carbonyl (C=O) groups is 5. The van der Waals surface area contributed by atoms with Crippen molar-refractivity contribution in [2.24, 2.45) is 69.3 Å². The number of benzene rings is 1. The third-order valence-corrected chi connectivity index (χ3v) is 16.8. The molecule has 1 aromatic rings. The summed E-state index contributed by atoms with van der Waals surface area (Å²) in [5, 5.41) is 8.96. The Morgan fingerprint density at radius 1 is 0.582 bits per heavy atom. The van der Waals surface area contributed by atoms with Crippen molar-refractivity contribution >= 4 is 40.9 Å². The second-order valence-corrected chi connectivity index (χ2v) is 23.0. The second-order valence-electron chi connectivity index (χ2n) is 23.0. The van der Waals surface area contributed by atoms with Gasteiger partial charge in [0.15, 0.2) is 0 Å². The van der Waals surface area contributed by atoms with E-state index in [1.54, 1.807) is 28.0 Å². The number of hydrogen-bond donors (Lipinski definition) is 7. The first-order valence-corrected chi connectivity index (χ1v) is 26.7. The average Bonchev–Trinajstić information content (AvgIpc) is 3.24. The molecule has 0 aromatic heterocycles. The zero-order valence-electron chi connectivity index (χ0n) is 41.0. The van der Waals surface area contributed by atoms with Crippen molar-refractivity contribution in [2.75, 3.05) is 56.4 Å². The van der Waals surface area contributed by atoms with Crippen LogP contribution in [0.3, 0.4) is 0 Å². The van der Waals surface area contributed by atoms with Crippen LogP contribution in [0.25, 0.3) is 0 Å². The SMILES string of the molecule is CCCCCCNC(=O)c1cc(NC(=O)CN(C[C@@H](N)CCCCN)C(=O)CC23CC4CC(CC(C4)C2)C3)cc(NC(=O)CN(C[C@@H](N)CCCCN)C(=O)CC23CC4CC(CC(C4)C2)C3)c1. The Hall–Kier alpha value is -3.59. The standard InChI is InChI=1S/C53H87N9O5/c1-2-3-4-9-14-58-51(67)42-21-45(59-47(63)34-61(32-43(56)10-5-7-12-54)49(65)30-52-24-36-15-37(25-52)17-38(16-36)26-52)23-46(22-42)60-48(64)35-62(33-44(57)11-6-8-13-55)50(66)31-53-27-39-18-40(28-53)20-41(19-39)29-53/h21-23,36-41,43-44H,2-20,24-35,54-57H2,1H3,(H,58,67)(H,59,63)(H,60,64)/t36?,37?,38?,39?,40?,41?,43-,44-,52?,53?/m0/s1. The average molecular weight is 930 g/mol. The molecule has 5 amide bonds. The van der Waals surface area contributed by atoms with Gasteiger partial charge in [0.25, 0.3) is 5.91 Å². The van der Waals surface area contributed by atoms with E-state index in [2.05, 4.69) is 22.9 Å². The van der Waals surface area contributed by atoms with Gasteiger partial charge in [-0.25, -0.2) is 0 Å². The maximum atomic E-state index is 14.3. The lowest BCUT2D eigenvalue weighted by Gasteiger charge is -2.57. The van der Waals surface area contributed by atoms with Crippen molar-refractivity contribution in [1.82, 2.24) is 15.1 Å². The van der Waals surface area contributed by atoms with E-state index in [0.29, 0.717) is 92.2 Å². The molecule has 0 heterocycles. The maximum absolute atomic E-state index is 14.3. The van der Waals surface area contributed by atoms with E-state index < -0.39 is 11.8 Å². The first kappa shape index (κ1) is 51.3. The highest BCUT2D eigenvalue weighted by molar-refractivity contribution is 6.02. The summed E-state index contributed by atoms with van der Waals surface area (Å²) in [5.74, 6) is 2.98. The monoisotopic (exact) mass is 930 g/mol. The number of carbonyl (C=O) groups excluding carboxylic acids is 5. The van der Waals surface area contributed by atoms with Crippen LogP contribution in [0.2, 0.25) is 0 Å². The summed E-state index contributed by atoms with van der Waals surface area (Å²) in [6.07, 6.45) is 23.9. The summed E-state index contributed by atoms with van der Waals surface area (Å²) in [7, 11) is 0. The molecule has 8 bridgehead atoms. The molecule has 374 valence electrons. The summed E-state index contributed by atoms with van der Waals surface area (Å²) >= 11 is 0. The first-order chi connectivity index (χ1) is 32.2. The van der Waals surface area contributed by atoms with Crippen LogP contribution >= 0.6 is 0 Å². The minimum atomic E-state index is -0.410. The van der Waals surface area contributed by atoms with Gasteiger partial charge in [0, 0.05) is 61.5 Å². The molecule has 8 fully saturated rings. The van der Waals surface area contributed by atoms with Crippen LogP contribution in [0.4, 0.5) is 11.4 Å². The largest absolute Gasteiger partial charge is 0.352 e. The highest BCUT2D eigenvalue weighted by atomic mass is 16.2. The van der Waals surface area contributed by atoms with Crippen molar-refractivity contribution in [3.63, 3.8) is 0 Å². The Kier molecular flexibility index (Phi) is 18.2. The van der Waals surface area contributed by atoms with Gasteiger partial charge in [-0.2, -0.15) is 0 Å². The summed E-state index contributed by atoms with van der Waals surface area (Å²) < 4.78 is 0. The van der Waals surface area contributed by atoms with Gasteiger partial charge in [0.05, 0.1) is 13.1 Å². The van der Waals surface area contributed by atoms with Crippen molar-refractivity contribution < 1.29 is 24.0 Å².